The molecule has 150 valence electrons. The van der Waals surface area contributed by atoms with E-state index in [9.17, 15) is 4.79 Å². The Hall–Kier alpha value is -3.05. The second kappa shape index (κ2) is 9.43. The molecule has 1 heterocycles. The van der Waals surface area contributed by atoms with Gasteiger partial charge in [0.15, 0.2) is 0 Å². The van der Waals surface area contributed by atoms with Crippen molar-refractivity contribution in [2.24, 2.45) is 0 Å². The average molecular weight is 409 g/mol. The van der Waals surface area contributed by atoms with Crippen molar-refractivity contribution in [2.75, 3.05) is 19.0 Å². The van der Waals surface area contributed by atoms with E-state index in [-0.39, 0.29) is 5.91 Å². The molecular weight excluding hydrogens is 384 g/mol. The number of nitrogens with zero attached hydrogens (tertiary/aromatic N) is 3. The lowest BCUT2D eigenvalue weighted by atomic mass is 10.2. The minimum atomic E-state index is -0.173. The van der Waals surface area contributed by atoms with E-state index >= 15 is 0 Å². The van der Waals surface area contributed by atoms with Crippen molar-refractivity contribution in [3.8, 4) is 0 Å². The third-order valence-corrected chi connectivity index (χ3v) is 5.00. The quantitative estimate of drug-likeness (QED) is 0.593. The predicted molar refractivity (Wildman–Crippen MR) is 119 cm³/mol. The summed E-state index contributed by atoms with van der Waals surface area (Å²) in [5.74, 6) is -0.173. The summed E-state index contributed by atoms with van der Waals surface area (Å²) in [6.07, 6.45) is 3.22. The fourth-order valence-corrected chi connectivity index (χ4v) is 3.23. The Morgan fingerprint density at radius 2 is 1.79 bits per heavy atom. The van der Waals surface area contributed by atoms with Crippen LogP contribution in [0, 0.1) is 6.92 Å². The lowest BCUT2D eigenvalue weighted by Gasteiger charge is -2.12. The maximum atomic E-state index is 12.2. The van der Waals surface area contributed by atoms with Crippen LogP contribution >= 0.6 is 11.6 Å². The van der Waals surface area contributed by atoms with E-state index in [2.05, 4.69) is 10.4 Å². The number of hydrogen-bond acceptors (Lipinski definition) is 3. The first-order chi connectivity index (χ1) is 13.9. The first-order valence-corrected chi connectivity index (χ1v) is 9.81. The summed E-state index contributed by atoms with van der Waals surface area (Å²) in [6, 6.07) is 18.1. The second-order valence-electron chi connectivity index (χ2n) is 7.05. The minimum absolute atomic E-state index is 0.173. The number of anilines is 1. The van der Waals surface area contributed by atoms with Crippen molar-refractivity contribution in [2.45, 2.75) is 20.0 Å². The fraction of sp³-hybridized carbons (Fsp3) is 0.217. The van der Waals surface area contributed by atoms with Crippen LogP contribution in [0.15, 0.2) is 60.7 Å². The number of carbonyl (C=O) groups is 1. The Morgan fingerprint density at radius 1 is 1.10 bits per heavy atom. The molecule has 1 aromatic heterocycles. The molecule has 0 saturated heterocycles. The molecule has 3 rings (SSSR count). The molecule has 3 aromatic rings. The van der Waals surface area contributed by atoms with Gasteiger partial charge < -0.3 is 10.2 Å². The van der Waals surface area contributed by atoms with Crippen LogP contribution < -0.4 is 10.2 Å². The fourth-order valence-electron chi connectivity index (χ4n) is 2.94. The summed E-state index contributed by atoms with van der Waals surface area (Å²) in [4.78, 5) is 14.2. The Balaban J connectivity index is 1.61. The van der Waals surface area contributed by atoms with Crippen molar-refractivity contribution in [3.63, 3.8) is 0 Å². The zero-order valence-electron chi connectivity index (χ0n) is 16.9. The van der Waals surface area contributed by atoms with Gasteiger partial charge in [0.05, 0.1) is 12.2 Å². The zero-order chi connectivity index (χ0) is 20.8. The minimum Gasteiger partial charge on any atom is -0.378 e. The van der Waals surface area contributed by atoms with Gasteiger partial charge in [0.1, 0.15) is 5.15 Å². The molecule has 1 N–H and O–H groups in total. The van der Waals surface area contributed by atoms with E-state index in [1.165, 1.54) is 6.08 Å². The first kappa shape index (κ1) is 20.7. The second-order valence-corrected chi connectivity index (χ2v) is 7.40. The molecule has 0 bridgehead atoms. The van der Waals surface area contributed by atoms with Crippen LogP contribution in [0.1, 0.15) is 22.4 Å². The number of hydrogen-bond donors (Lipinski definition) is 1. The van der Waals surface area contributed by atoms with E-state index in [1.807, 2.05) is 80.5 Å². The van der Waals surface area contributed by atoms with Gasteiger partial charge >= 0.3 is 0 Å². The van der Waals surface area contributed by atoms with Gasteiger partial charge in [-0.3, -0.25) is 4.79 Å². The van der Waals surface area contributed by atoms with Crippen molar-refractivity contribution < 1.29 is 4.79 Å². The van der Waals surface area contributed by atoms with E-state index in [1.54, 1.807) is 10.8 Å². The smallest absolute Gasteiger partial charge is 0.244 e. The lowest BCUT2D eigenvalue weighted by molar-refractivity contribution is -0.116. The average Bonchev–Trinajstić information content (AvgIpc) is 2.98. The molecule has 6 heteroatoms. The largest absolute Gasteiger partial charge is 0.378 e. The molecule has 0 unspecified atom stereocenters. The Bertz CT molecular complexity index is 992. The van der Waals surface area contributed by atoms with E-state index in [0.29, 0.717) is 18.2 Å². The number of benzene rings is 2. The summed E-state index contributed by atoms with van der Waals surface area (Å²) < 4.78 is 1.75. The summed E-state index contributed by atoms with van der Waals surface area (Å²) in [6.45, 7) is 2.94. The summed E-state index contributed by atoms with van der Waals surface area (Å²) in [5, 5.41) is 7.91. The molecule has 0 fully saturated rings. The highest BCUT2D eigenvalue weighted by Crippen LogP contribution is 2.22. The van der Waals surface area contributed by atoms with Gasteiger partial charge in [-0.1, -0.05) is 54.1 Å². The number of nitrogens with one attached hydrogen (secondary N) is 1. The van der Waals surface area contributed by atoms with Crippen molar-refractivity contribution in [3.05, 3.63) is 88.2 Å². The molecule has 0 spiro atoms. The maximum Gasteiger partial charge on any atom is 0.244 e. The summed E-state index contributed by atoms with van der Waals surface area (Å²) >= 11 is 6.49. The van der Waals surface area contributed by atoms with Gasteiger partial charge in [0.2, 0.25) is 5.91 Å². The molecule has 0 aliphatic heterocycles. The molecule has 0 radical (unpaired) electrons. The molecule has 0 aliphatic carbocycles. The molecule has 0 aliphatic rings. The van der Waals surface area contributed by atoms with E-state index in [0.717, 1.165) is 28.1 Å². The van der Waals surface area contributed by atoms with Crippen molar-refractivity contribution in [1.82, 2.24) is 15.1 Å². The van der Waals surface area contributed by atoms with Gasteiger partial charge in [-0.05, 0) is 36.3 Å². The van der Waals surface area contributed by atoms with Crippen LogP contribution in [-0.2, 0) is 17.9 Å². The predicted octanol–water partition coefficient (Wildman–Crippen LogP) is 4.29. The number of rotatable bonds is 7. The van der Waals surface area contributed by atoms with Gasteiger partial charge in [-0.2, -0.15) is 5.10 Å². The van der Waals surface area contributed by atoms with Gasteiger partial charge in [0, 0.05) is 38.0 Å². The molecule has 2 aromatic carbocycles. The maximum absolute atomic E-state index is 12.2. The number of aryl methyl sites for hydroxylation is 1. The SMILES string of the molecule is Cc1nn(Cc2ccccc2)c(Cl)c1/C=C/C(=O)NCc1ccc(N(C)C)cc1. The number of carbonyl (C=O) groups excluding carboxylic acids is 1. The monoisotopic (exact) mass is 408 g/mol. The third kappa shape index (κ3) is 5.48. The molecule has 0 saturated carbocycles. The number of aromatic nitrogens is 2. The number of halogens is 1. The van der Waals surface area contributed by atoms with Gasteiger partial charge in [0.25, 0.3) is 0 Å². The molecule has 5 nitrogen and oxygen atoms in total. The summed E-state index contributed by atoms with van der Waals surface area (Å²) in [7, 11) is 3.99. The Morgan fingerprint density at radius 3 is 2.45 bits per heavy atom. The van der Waals surface area contributed by atoms with Crippen LogP contribution in [-0.4, -0.2) is 29.8 Å². The van der Waals surface area contributed by atoms with E-state index < -0.39 is 0 Å². The third-order valence-electron chi connectivity index (χ3n) is 4.61. The standard InChI is InChI=1S/C23H25ClN4O/c1-17-21(23(24)28(26-17)16-19-7-5-4-6-8-19)13-14-22(29)25-15-18-9-11-20(12-10-18)27(2)3/h4-14H,15-16H2,1-3H3,(H,25,29)/b14-13+. The van der Waals surface area contributed by atoms with Crippen LogP contribution in [0.4, 0.5) is 5.69 Å². The Labute approximate surface area is 176 Å². The zero-order valence-corrected chi connectivity index (χ0v) is 17.6. The molecule has 0 atom stereocenters. The molecular formula is C23H25ClN4O. The van der Waals surface area contributed by atoms with Gasteiger partial charge in [-0.25, -0.2) is 4.68 Å². The normalized spacial score (nSPS) is 11.0. The highest BCUT2D eigenvalue weighted by atomic mass is 35.5. The van der Waals surface area contributed by atoms with Crippen molar-refractivity contribution in [1.29, 1.82) is 0 Å². The van der Waals surface area contributed by atoms with Crippen LogP contribution in [0.5, 0.6) is 0 Å². The van der Waals surface area contributed by atoms with Crippen LogP contribution in [0.3, 0.4) is 0 Å². The molecule has 1 amide bonds. The topological polar surface area (TPSA) is 50.2 Å². The van der Waals surface area contributed by atoms with Gasteiger partial charge in [-0.15, -0.1) is 0 Å². The lowest BCUT2D eigenvalue weighted by Crippen LogP contribution is -2.20. The van der Waals surface area contributed by atoms with Crippen LogP contribution in [0.25, 0.3) is 6.08 Å². The Kier molecular flexibility index (Phi) is 6.73. The first-order valence-electron chi connectivity index (χ1n) is 9.43. The number of amides is 1. The van der Waals surface area contributed by atoms with Crippen molar-refractivity contribution >= 4 is 29.3 Å². The van der Waals surface area contributed by atoms with Crippen LogP contribution in [0.2, 0.25) is 5.15 Å². The van der Waals surface area contributed by atoms with E-state index in [4.69, 9.17) is 11.6 Å². The highest BCUT2D eigenvalue weighted by molar-refractivity contribution is 6.31. The molecule has 29 heavy (non-hydrogen) atoms. The summed E-state index contributed by atoms with van der Waals surface area (Å²) in [5.41, 5.74) is 4.83. The highest BCUT2D eigenvalue weighted by Gasteiger charge is 2.11.